The molecule has 1 aromatic carbocycles. The molecule has 5 nitrogen and oxygen atoms in total. The Morgan fingerprint density at radius 1 is 1.38 bits per heavy atom. The fourth-order valence-electron chi connectivity index (χ4n) is 2.10. The van der Waals surface area contributed by atoms with Gasteiger partial charge in [-0.1, -0.05) is 18.5 Å². The van der Waals surface area contributed by atoms with E-state index >= 15 is 0 Å². The van der Waals surface area contributed by atoms with E-state index in [0.29, 0.717) is 23.7 Å². The summed E-state index contributed by atoms with van der Waals surface area (Å²) in [5.74, 6) is 0.212. The SMILES string of the molecule is C[C@@H](CNC(=O)Nc1cc(Cl)ccc1N(C)C)C[C@H](C)O. The lowest BCUT2D eigenvalue weighted by Gasteiger charge is -2.19. The van der Waals surface area contributed by atoms with Gasteiger partial charge in [0, 0.05) is 25.7 Å². The minimum absolute atomic E-state index is 0.212. The Kier molecular flexibility index (Phi) is 6.78. The molecule has 6 heteroatoms. The van der Waals surface area contributed by atoms with Crippen LogP contribution < -0.4 is 15.5 Å². The summed E-state index contributed by atoms with van der Waals surface area (Å²) in [6.45, 7) is 4.23. The summed E-state index contributed by atoms with van der Waals surface area (Å²) in [5.41, 5.74) is 1.54. The van der Waals surface area contributed by atoms with E-state index in [0.717, 1.165) is 5.69 Å². The molecule has 0 aliphatic rings. The Hall–Kier alpha value is -1.46. The molecule has 0 aliphatic heterocycles. The second-order valence-corrected chi connectivity index (χ2v) is 6.02. The third kappa shape index (κ3) is 6.23. The summed E-state index contributed by atoms with van der Waals surface area (Å²) < 4.78 is 0. The van der Waals surface area contributed by atoms with Gasteiger partial charge in [-0.05, 0) is 37.5 Å². The number of hydrogen-bond acceptors (Lipinski definition) is 3. The highest BCUT2D eigenvalue weighted by molar-refractivity contribution is 6.31. The van der Waals surface area contributed by atoms with Crippen molar-refractivity contribution >= 4 is 29.0 Å². The number of carbonyl (C=O) groups is 1. The van der Waals surface area contributed by atoms with Crippen LogP contribution in [0.5, 0.6) is 0 Å². The van der Waals surface area contributed by atoms with E-state index in [2.05, 4.69) is 10.6 Å². The number of anilines is 2. The van der Waals surface area contributed by atoms with E-state index in [9.17, 15) is 9.90 Å². The molecule has 2 amide bonds. The molecule has 0 radical (unpaired) electrons. The number of nitrogens with one attached hydrogen (secondary N) is 2. The monoisotopic (exact) mass is 313 g/mol. The van der Waals surface area contributed by atoms with Gasteiger partial charge in [0.25, 0.3) is 0 Å². The van der Waals surface area contributed by atoms with Crippen LogP contribution in [0.3, 0.4) is 0 Å². The van der Waals surface area contributed by atoms with Crippen LogP contribution in [0.2, 0.25) is 5.02 Å². The van der Waals surface area contributed by atoms with Crippen LogP contribution in [-0.2, 0) is 0 Å². The van der Waals surface area contributed by atoms with Gasteiger partial charge in [0.1, 0.15) is 0 Å². The van der Waals surface area contributed by atoms with Gasteiger partial charge < -0.3 is 20.6 Å². The number of amides is 2. The number of carbonyl (C=O) groups excluding carboxylic acids is 1. The Morgan fingerprint density at radius 3 is 2.62 bits per heavy atom. The molecule has 0 heterocycles. The zero-order valence-corrected chi connectivity index (χ0v) is 13.7. The Labute approximate surface area is 131 Å². The summed E-state index contributed by atoms with van der Waals surface area (Å²) in [6, 6.07) is 5.08. The van der Waals surface area contributed by atoms with Crippen molar-refractivity contribution < 1.29 is 9.90 Å². The van der Waals surface area contributed by atoms with Gasteiger partial charge in [0.15, 0.2) is 0 Å². The van der Waals surface area contributed by atoms with E-state index in [1.165, 1.54) is 0 Å². The summed E-state index contributed by atoms with van der Waals surface area (Å²) in [4.78, 5) is 13.8. The first-order valence-corrected chi connectivity index (χ1v) is 7.37. The number of aliphatic hydroxyl groups is 1. The maximum absolute atomic E-state index is 11.9. The average Bonchev–Trinajstić information content (AvgIpc) is 2.35. The van der Waals surface area contributed by atoms with Gasteiger partial charge in [-0.2, -0.15) is 0 Å². The summed E-state index contributed by atoms with van der Waals surface area (Å²) in [6.07, 6.45) is 0.290. The largest absolute Gasteiger partial charge is 0.393 e. The topological polar surface area (TPSA) is 64.6 Å². The van der Waals surface area contributed by atoms with Crippen molar-refractivity contribution in [3.63, 3.8) is 0 Å². The molecule has 2 atom stereocenters. The second-order valence-electron chi connectivity index (χ2n) is 5.58. The smallest absolute Gasteiger partial charge is 0.319 e. The lowest BCUT2D eigenvalue weighted by Crippen LogP contribution is -2.33. The molecule has 0 saturated carbocycles. The average molecular weight is 314 g/mol. The summed E-state index contributed by atoms with van der Waals surface area (Å²) >= 11 is 5.97. The van der Waals surface area contributed by atoms with Crippen molar-refractivity contribution in [1.29, 1.82) is 0 Å². The molecule has 21 heavy (non-hydrogen) atoms. The maximum atomic E-state index is 11.9. The predicted octanol–water partition coefficient (Wildman–Crippen LogP) is 2.93. The van der Waals surface area contributed by atoms with E-state index in [-0.39, 0.29) is 18.1 Å². The van der Waals surface area contributed by atoms with Gasteiger partial charge in [0.05, 0.1) is 17.5 Å². The molecule has 118 valence electrons. The first-order valence-electron chi connectivity index (χ1n) is 6.99. The normalized spacial score (nSPS) is 13.4. The van der Waals surface area contributed by atoms with Gasteiger partial charge in [-0.25, -0.2) is 4.79 Å². The Bertz CT molecular complexity index is 478. The fourth-order valence-corrected chi connectivity index (χ4v) is 2.27. The molecule has 3 N–H and O–H groups in total. The molecular weight excluding hydrogens is 290 g/mol. The zero-order valence-electron chi connectivity index (χ0n) is 13.0. The zero-order chi connectivity index (χ0) is 16.0. The van der Waals surface area contributed by atoms with Crippen LogP contribution in [0.4, 0.5) is 16.2 Å². The van der Waals surface area contributed by atoms with Gasteiger partial charge >= 0.3 is 6.03 Å². The first-order chi connectivity index (χ1) is 9.79. The first kappa shape index (κ1) is 17.6. The van der Waals surface area contributed by atoms with Crippen molar-refractivity contribution in [2.24, 2.45) is 5.92 Å². The van der Waals surface area contributed by atoms with Crippen LogP contribution in [-0.4, -0.2) is 37.9 Å². The highest BCUT2D eigenvalue weighted by Crippen LogP contribution is 2.27. The maximum Gasteiger partial charge on any atom is 0.319 e. The fraction of sp³-hybridized carbons (Fsp3) is 0.533. The number of hydrogen-bond donors (Lipinski definition) is 3. The highest BCUT2D eigenvalue weighted by atomic mass is 35.5. The molecule has 1 aromatic rings. The lowest BCUT2D eigenvalue weighted by molar-refractivity contribution is 0.163. The summed E-state index contributed by atoms with van der Waals surface area (Å²) in [7, 11) is 3.80. The van der Waals surface area contributed by atoms with Gasteiger partial charge in [0.2, 0.25) is 0 Å². The number of aliphatic hydroxyl groups excluding tert-OH is 1. The molecule has 0 aliphatic carbocycles. The molecule has 1 rings (SSSR count). The Morgan fingerprint density at radius 2 is 2.05 bits per heavy atom. The number of nitrogens with zero attached hydrogens (tertiary/aromatic N) is 1. The van der Waals surface area contributed by atoms with Crippen molar-refractivity contribution in [3.8, 4) is 0 Å². The quantitative estimate of drug-likeness (QED) is 0.756. The van der Waals surface area contributed by atoms with Gasteiger partial charge in [-0.3, -0.25) is 0 Å². The van der Waals surface area contributed by atoms with Crippen molar-refractivity contribution in [1.82, 2.24) is 5.32 Å². The van der Waals surface area contributed by atoms with Crippen molar-refractivity contribution in [2.45, 2.75) is 26.4 Å². The molecule has 0 aromatic heterocycles. The van der Waals surface area contributed by atoms with Crippen LogP contribution in [0, 0.1) is 5.92 Å². The third-order valence-electron chi connectivity index (χ3n) is 3.04. The highest BCUT2D eigenvalue weighted by Gasteiger charge is 2.11. The minimum atomic E-state index is -0.363. The molecular formula is C15H24ClN3O2. The van der Waals surface area contributed by atoms with E-state index in [1.807, 2.05) is 32.0 Å². The van der Waals surface area contributed by atoms with Gasteiger partial charge in [-0.15, -0.1) is 0 Å². The number of urea groups is 1. The molecule has 0 unspecified atom stereocenters. The molecule has 0 fully saturated rings. The minimum Gasteiger partial charge on any atom is -0.393 e. The standard InChI is InChI=1S/C15H24ClN3O2/c1-10(7-11(2)20)9-17-15(21)18-13-8-12(16)5-6-14(13)19(3)4/h5-6,8,10-11,20H,7,9H2,1-4H3,(H2,17,18,21)/t10-,11+/m1/s1. The van der Waals surface area contributed by atoms with E-state index in [4.69, 9.17) is 11.6 Å². The van der Waals surface area contributed by atoms with E-state index in [1.54, 1.807) is 19.1 Å². The van der Waals surface area contributed by atoms with Crippen molar-refractivity contribution in [3.05, 3.63) is 23.2 Å². The molecule has 0 saturated heterocycles. The van der Waals surface area contributed by atoms with Crippen LogP contribution in [0.25, 0.3) is 0 Å². The molecule has 0 bridgehead atoms. The van der Waals surface area contributed by atoms with E-state index < -0.39 is 0 Å². The number of rotatable bonds is 6. The van der Waals surface area contributed by atoms with Crippen LogP contribution in [0.1, 0.15) is 20.3 Å². The van der Waals surface area contributed by atoms with Crippen LogP contribution in [0.15, 0.2) is 18.2 Å². The second kappa shape index (κ2) is 8.10. The number of benzene rings is 1. The Balaban J connectivity index is 2.60. The molecule has 0 spiro atoms. The van der Waals surface area contributed by atoms with Crippen LogP contribution >= 0.6 is 11.6 Å². The third-order valence-corrected chi connectivity index (χ3v) is 3.28. The summed E-state index contributed by atoms with van der Waals surface area (Å²) in [5, 5.41) is 15.5. The lowest BCUT2D eigenvalue weighted by atomic mass is 10.1. The predicted molar refractivity (Wildman–Crippen MR) is 88.3 cm³/mol. The number of halogens is 1. The van der Waals surface area contributed by atoms with Crippen molar-refractivity contribution in [2.75, 3.05) is 30.9 Å².